The molecule has 0 radical (unpaired) electrons. The quantitative estimate of drug-likeness (QED) is 0.690. The van der Waals surface area contributed by atoms with Crippen molar-refractivity contribution in [2.45, 2.75) is 39.2 Å². The summed E-state index contributed by atoms with van der Waals surface area (Å²) in [6.45, 7) is 4.70. The van der Waals surface area contributed by atoms with Gasteiger partial charge in [0.2, 0.25) is 5.91 Å². The molecule has 0 fully saturated rings. The highest BCUT2D eigenvalue weighted by atomic mass is 16.2. The van der Waals surface area contributed by atoms with Crippen molar-refractivity contribution in [1.29, 1.82) is 0 Å². The van der Waals surface area contributed by atoms with Gasteiger partial charge in [0, 0.05) is 6.54 Å². The Labute approximate surface area is 92.1 Å². The van der Waals surface area contributed by atoms with Gasteiger partial charge in [-0.2, -0.15) is 0 Å². The van der Waals surface area contributed by atoms with Gasteiger partial charge in [-0.25, -0.2) is 0 Å². The van der Waals surface area contributed by atoms with E-state index in [1.54, 1.807) is 0 Å². The van der Waals surface area contributed by atoms with E-state index in [9.17, 15) is 4.79 Å². The summed E-state index contributed by atoms with van der Waals surface area (Å²) in [6.07, 6.45) is 7.79. The Balaban J connectivity index is 2.24. The molecule has 2 atom stereocenters. The molecule has 0 bridgehead atoms. The zero-order valence-electron chi connectivity index (χ0n) is 9.70. The van der Waals surface area contributed by atoms with Crippen LogP contribution in [-0.2, 0) is 4.79 Å². The molecule has 0 aromatic rings. The number of rotatable bonds is 4. The third-order valence-corrected chi connectivity index (χ3v) is 2.96. The van der Waals surface area contributed by atoms with Gasteiger partial charge in [-0.15, -0.1) is 0 Å². The van der Waals surface area contributed by atoms with Gasteiger partial charge >= 0.3 is 0 Å². The molecular formula is C12H22N2O. The fourth-order valence-electron chi connectivity index (χ4n) is 1.71. The Morgan fingerprint density at radius 3 is 2.80 bits per heavy atom. The minimum absolute atomic E-state index is 0.0143. The molecule has 0 aromatic heterocycles. The van der Waals surface area contributed by atoms with Crippen molar-refractivity contribution in [1.82, 2.24) is 5.32 Å². The van der Waals surface area contributed by atoms with Crippen LogP contribution in [0.3, 0.4) is 0 Å². The van der Waals surface area contributed by atoms with Crippen LogP contribution in [0.2, 0.25) is 0 Å². The van der Waals surface area contributed by atoms with Crippen molar-refractivity contribution in [3.8, 4) is 0 Å². The van der Waals surface area contributed by atoms with Crippen molar-refractivity contribution < 1.29 is 4.79 Å². The maximum Gasteiger partial charge on any atom is 0.237 e. The van der Waals surface area contributed by atoms with E-state index in [0.717, 1.165) is 19.4 Å². The molecule has 1 rings (SSSR count). The minimum atomic E-state index is -0.371. The second-order valence-electron chi connectivity index (χ2n) is 4.67. The first kappa shape index (κ1) is 12.2. The summed E-state index contributed by atoms with van der Waals surface area (Å²) in [5.74, 6) is 0.786. The standard InChI is InChI=1S/C12H22N2O/c1-9(2)11(13)12(15)14-8-10-6-4-3-5-7-10/h3-4,9-11H,5-8,13H2,1-2H3,(H,14,15)/t10?,11-/m0/s1. The SMILES string of the molecule is CC(C)[C@H](N)C(=O)NCC1CC=CCC1. The van der Waals surface area contributed by atoms with E-state index < -0.39 is 0 Å². The molecule has 0 saturated carbocycles. The van der Waals surface area contributed by atoms with E-state index in [2.05, 4.69) is 17.5 Å². The van der Waals surface area contributed by atoms with Crippen LogP contribution >= 0.6 is 0 Å². The van der Waals surface area contributed by atoms with Crippen LogP contribution in [0.5, 0.6) is 0 Å². The second kappa shape index (κ2) is 5.91. The predicted octanol–water partition coefficient (Wildman–Crippen LogP) is 1.44. The van der Waals surface area contributed by atoms with Crippen LogP contribution < -0.4 is 11.1 Å². The fraction of sp³-hybridized carbons (Fsp3) is 0.750. The molecule has 15 heavy (non-hydrogen) atoms. The number of allylic oxidation sites excluding steroid dienone is 2. The van der Waals surface area contributed by atoms with Gasteiger partial charge in [-0.1, -0.05) is 26.0 Å². The lowest BCUT2D eigenvalue weighted by Crippen LogP contribution is -2.45. The highest BCUT2D eigenvalue weighted by molar-refractivity contribution is 5.81. The molecule has 3 nitrogen and oxygen atoms in total. The zero-order chi connectivity index (χ0) is 11.3. The Morgan fingerprint density at radius 2 is 2.27 bits per heavy atom. The number of carbonyl (C=O) groups is 1. The Morgan fingerprint density at radius 1 is 1.53 bits per heavy atom. The minimum Gasteiger partial charge on any atom is -0.354 e. The summed E-state index contributed by atoms with van der Waals surface area (Å²) in [6, 6.07) is -0.371. The van der Waals surface area contributed by atoms with Gasteiger partial charge in [-0.05, 0) is 31.1 Å². The largest absolute Gasteiger partial charge is 0.354 e. The molecule has 0 aliphatic heterocycles. The Kier molecular flexibility index (Phi) is 4.82. The van der Waals surface area contributed by atoms with Gasteiger partial charge in [0.05, 0.1) is 6.04 Å². The molecule has 1 aliphatic rings. The smallest absolute Gasteiger partial charge is 0.237 e. The highest BCUT2D eigenvalue weighted by Crippen LogP contribution is 2.16. The van der Waals surface area contributed by atoms with Crippen molar-refractivity contribution in [3.63, 3.8) is 0 Å². The van der Waals surface area contributed by atoms with Gasteiger partial charge < -0.3 is 11.1 Å². The van der Waals surface area contributed by atoms with Crippen molar-refractivity contribution in [2.75, 3.05) is 6.54 Å². The lowest BCUT2D eigenvalue weighted by molar-refractivity contribution is -0.123. The zero-order valence-corrected chi connectivity index (χ0v) is 9.70. The number of hydrogen-bond acceptors (Lipinski definition) is 2. The van der Waals surface area contributed by atoms with Crippen LogP contribution in [-0.4, -0.2) is 18.5 Å². The summed E-state index contributed by atoms with van der Waals surface area (Å²) in [4.78, 5) is 11.6. The van der Waals surface area contributed by atoms with E-state index in [1.165, 1.54) is 6.42 Å². The summed E-state index contributed by atoms with van der Waals surface area (Å²) in [5.41, 5.74) is 5.75. The average molecular weight is 210 g/mol. The molecule has 1 amide bonds. The molecule has 3 heteroatoms. The van der Waals surface area contributed by atoms with Crippen molar-refractivity contribution in [2.24, 2.45) is 17.6 Å². The second-order valence-corrected chi connectivity index (χ2v) is 4.67. The number of carbonyl (C=O) groups excluding carboxylic acids is 1. The van der Waals surface area contributed by atoms with Crippen LogP contribution in [0.1, 0.15) is 33.1 Å². The van der Waals surface area contributed by atoms with Gasteiger partial charge in [-0.3, -0.25) is 4.79 Å². The summed E-state index contributed by atoms with van der Waals surface area (Å²) in [7, 11) is 0. The van der Waals surface area contributed by atoms with Crippen LogP contribution in [0.4, 0.5) is 0 Å². The average Bonchev–Trinajstić information content (AvgIpc) is 2.26. The van der Waals surface area contributed by atoms with E-state index in [0.29, 0.717) is 5.92 Å². The third-order valence-electron chi connectivity index (χ3n) is 2.96. The first-order valence-electron chi connectivity index (χ1n) is 5.79. The fourth-order valence-corrected chi connectivity index (χ4v) is 1.71. The van der Waals surface area contributed by atoms with E-state index in [4.69, 9.17) is 5.73 Å². The Bertz CT molecular complexity index is 236. The summed E-state index contributed by atoms with van der Waals surface area (Å²) >= 11 is 0. The lowest BCUT2D eigenvalue weighted by Gasteiger charge is -2.20. The molecule has 0 spiro atoms. The summed E-state index contributed by atoms with van der Waals surface area (Å²) < 4.78 is 0. The van der Waals surface area contributed by atoms with Gasteiger partial charge in [0.25, 0.3) is 0 Å². The number of hydrogen-bond donors (Lipinski definition) is 2. The van der Waals surface area contributed by atoms with E-state index in [-0.39, 0.29) is 17.9 Å². The first-order chi connectivity index (χ1) is 7.11. The molecular weight excluding hydrogens is 188 g/mol. The highest BCUT2D eigenvalue weighted by Gasteiger charge is 2.18. The van der Waals surface area contributed by atoms with Gasteiger partial charge in [0.15, 0.2) is 0 Å². The monoisotopic (exact) mass is 210 g/mol. The third kappa shape index (κ3) is 4.04. The van der Waals surface area contributed by atoms with Crippen LogP contribution in [0.15, 0.2) is 12.2 Å². The van der Waals surface area contributed by atoms with Crippen LogP contribution in [0.25, 0.3) is 0 Å². The predicted molar refractivity (Wildman–Crippen MR) is 62.3 cm³/mol. The maximum atomic E-state index is 11.6. The molecule has 0 heterocycles. The topological polar surface area (TPSA) is 55.1 Å². The van der Waals surface area contributed by atoms with Crippen molar-refractivity contribution in [3.05, 3.63) is 12.2 Å². The normalized spacial score (nSPS) is 22.8. The molecule has 1 unspecified atom stereocenters. The van der Waals surface area contributed by atoms with E-state index in [1.807, 2.05) is 13.8 Å². The van der Waals surface area contributed by atoms with E-state index >= 15 is 0 Å². The van der Waals surface area contributed by atoms with Gasteiger partial charge in [0.1, 0.15) is 0 Å². The lowest BCUT2D eigenvalue weighted by atomic mass is 9.94. The number of amides is 1. The molecule has 0 saturated heterocycles. The molecule has 3 N–H and O–H groups in total. The number of nitrogens with one attached hydrogen (secondary N) is 1. The molecule has 1 aliphatic carbocycles. The molecule has 86 valence electrons. The Hall–Kier alpha value is -0.830. The van der Waals surface area contributed by atoms with Crippen molar-refractivity contribution >= 4 is 5.91 Å². The summed E-state index contributed by atoms with van der Waals surface area (Å²) in [5, 5.41) is 2.94. The maximum absolute atomic E-state index is 11.6. The van der Waals surface area contributed by atoms with Crippen LogP contribution in [0, 0.1) is 11.8 Å². The first-order valence-corrected chi connectivity index (χ1v) is 5.79. The molecule has 0 aromatic carbocycles. The number of nitrogens with two attached hydrogens (primary N) is 1.